The van der Waals surface area contributed by atoms with Crippen molar-refractivity contribution in [1.29, 1.82) is 0 Å². The van der Waals surface area contributed by atoms with Crippen LogP contribution in [-0.4, -0.2) is 42.0 Å². The fourth-order valence-corrected chi connectivity index (χ4v) is 3.53. The average molecular weight is 329 g/mol. The molecule has 1 N–H and O–H groups in total. The Bertz CT molecular complexity index is 655. The first-order valence-electron chi connectivity index (χ1n) is 8.21. The maximum atomic E-state index is 12.6. The van der Waals surface area contributed by atoms with E-state index in [-0.39, 0.29) is 5.91 Å². The molecule has 0 bridgehead atoms. The van der Waals surface area contributed by atoms with Crippen molar-refractivity contribution < 1.29 is 4.79 Å². The van der Waals surface area contributed by atoms with Crippen LogP contribution >= 0.6 is 11.3 Å². The van der Waals surface area contributed by atoms with Crippen LogP contribution in [0.15, 0.2) is 29.6 Å². The number of hydrogen-bond donors (Lipinski definition) is 1. The van der Waals surface area contributed by atoms with Gasteiger partial charge in [0.1, 0.15) is 10.7 Å². The number of thiazole rings is 1. The average Bonchev–Trinajstić information content (AvgIpc) is 2.90. The maximum Gasteiger partial charge on any atom is 0.273 e. The van der Waals surface area contributed by atoms with Gasteiger partial charge < -0.3 is 10.2 Å². The van der Waals surface area contributed by atoms with E-state index in [2.05, 4.69) is 48.4 Å². The van der Waals surface area contributed by atoms with Gasteiger partial charge in [0.2, 0.25) is 0 Å². The third-order valence-corrected chi connectivity index (χ3v) is 5.07. The summed E-state index contributed by atoms with van der Waals surface area (Å²) < 4.78 is 0. The quantitative estimate of drug-likeness (QED) is 0.939. The molecule has 1 aromatic heterocycles. The van der Waals surface area contributed by atoms with E-state index >= 15 is 0 Å². The van der Waals surface area contributed by atoms with Crippen molar-refractivity contribution in [2.75, 3.05) is 26.2 Å². The zero-order valence-electron chi connectivity index (χ0n) is 13.7. The number of carbonyl (C=O) groups is 1. The van der Waals surface area contributed by atoms with Gasteiger partial charge in [-0.25, -0.2) is 4.98 Å². The molecule has 1 amide bonds. The first-order valence-corrected chi connectivity index (χ1v) is 9.09. The minimum atomic E-state index is 0.0509. The molecule has 0 radical (unpaired) electrons. The van der Waals surface area contributed by atoms with Crippen molar-refractivity contribution in [3.8, 4) is 10.6 Å². The van der Waals surface area contributed by atoms with Crippen LogP contribution < -0.4 is 5.32 Å². The summed E-state index contributed by atoms with van der Waals surface area (Å²) in [6, 6.07) is 8.48. The number of amides is 1. The summed E-state index contributed by atoms with van der Waals surface area (Å²) in [6.07, 6.45) is 0.999. The van der Waals surface area contributed by atoms with Crippen LogP contribution in [0.5, 0.6) is 0 Å². The molecule has 23 heavy (non-hydrogen) atoms. The number of carbonyl (C=O) groups excluding carboxylic acids is 1. The molecule has 122 valence electrons. The molecule has 0 atom stereocenters. The summed E-state index contributed by atoms with van der Waals surface area (Å²) in [6.45, 7) is 7.78. The summed E-state index contributed by atoms with van der Waals surface area (Å²) in [7, 11) is 0. The smallest absolute Gasteiger partial charge is 0.273 e. The topological polar surface area (TPSA) is 45.2 Å². The zero-order valence-corrected chi connectivity index (χ0v) is 14.5. The number of rotatable bonds is 3. The normalized spacial score (nSPS) is 15.7. The summed E-state index contributed by atoms with van der Waals surface area (Å²) >= 11 is 1.54. The van der Waals surface area contributed by atoms with Crippen molar-refractivity contribution in [2.45, 2.75) is 26.2 Å². The molecule has 5 heteroatoms. The van der Waals surface area contributed by atoms with E-state index in [9.17, 15) is 4.79 Å². The highest BCUT2D eigenvalue weighted by Gasteiger charge is 2.20. The van der Waals surface area contributed by atoms with Crippen molar-refractivity contribution in [3.05, 3.63) is 40.9 Å². The molecular weight excluding hydrogens is 306 g/mol. The first-order chi connectivity index (χ1) is 11.1. The third kappa shape index (κ3) is 3.79. The van der Waals surface area contributed by atoms with Gasteiger partial charge >= 0.3 is 0 Å². The Balaban J connectivity index is 1.75. The van der Waals surface area contributed by atoms with Crippen LogP contribution in [-0.2, 0) is 0 Å². The lowest BCUT2D eigenvalue weighted by Gasteiger charge is -2.18. The predicted octanol–water partition coefficient (Wildman–Crippen LogP) is 3.37. The lowest BCUT2D eigenvalue weighted by atomic mass is 10.0. The van der Waals surface area contributed by atoms with Gasteiger partial charge in [-0.05, 0) is 24.4 Å². The Morgan fingerprint density at radius 3 is 2.74 bits per heavy atom. The Morgan fingerprint density at radius 1 is 1.22 bits per heavy atom. The molecule has 1 saturated heterocycles. The summed E-state index contributed by atoms with van der Waals surface area (Å²) in [5.74, 6) is 0.573. The lowest BCUT2D eigenvalue weighted by Crippen LogP contribution is -2.34. The Morgan fingerprint density at radius 2 is 2.00 bits per heavy atom. The predicted molar refractivity (Wildman–Crippen MR) is 95.0 cm³/mol. The lowest BCUT2D eigenvalue weighted by molar-refractivity contribution is 0.0761. The Hall–Kier alpha value is -1.72. The van der Waals surface area contributed by atoms with Gasteiger partial charge in [0, 0.05) is 30.6 Å². The number of benzene rings is 1. The van der Waals surface area contributed by atoms with Crippen LogP contribution in [0.4, 0.5) is 0 Å². The van der Waals surface area contributed by atoms with Gasteiger partial charge in [0.25, 0.3) is 5.91 Å². The van der Waals surface area contributed by atoms with Crippen LogP contribution in [0, 0.1) is 0 Å². The molecule has 1 aliphatic heterocycles. The number of hydrogen-bond acceptors (Lipinski definition) is 4. The van der Waals surface area contributed by atoms with Crippen LogP contribution in [0.25, 0.3) is 10.6 Å². The van der Waals surface area contributed by atoms with Gasteiger partial charge in [-0.15, -0.1) is 11.3 Å². The second kappa shape index (κ2) is 7.23. The molecule has 0 unspecified atom stereocenters. The molecule has 0 spiro atoms. The SMILES string of the molecule is CC(C)c1ccc(-c2nc(C(=O)N3CCCNCC3)cs2)cc1. The third-order valence-electron chi connectivity index (χ3n) is 4.17. The van der Waals surface area contributed by atoms with Crippen molar-refractivity contribution in [1.82, 2.24) is 15.2 Å². The standard InChI is InChI=1S/C18H23N3OS/c1-13(2)14-4-6-15(7-5-14)17-20-16(12-23-17)18(22)21-10-3-8-19-9-11-21/h4-7,12-13,19H,3,8-11H2,1-2H3. The van der Waals surface area contributed by atoms with Crippen molar-refractivity contribution in [3.63, 3.8) is 0 Å². The van der Waals surface area contributed by atoms with Crippen molar-refractivity contribution in [2.24, 2.45) is 0 Å². The second-order valence-corrected chi connectivity index (χ2v) is 7.07. The van der Waals surface area contributed by atoms with Crippen LogP contribution in [0.2, 0.25) is 0 Å². The van der Waals surface area contributed by atoms with Crippen molar-refractivity contribution >= 4 is 17.2 Å². The minimum Gasteiger partial charge on any atom is -0.336 e. The molecule has 2 aromatic rings. The zero-order chi connectivity index (χ0) is 16.2. The number of nitrogens with zero attached hydrogens (tertiary/aromatic N) is 2. The summed E-state index contributed by atoms with van der Waals surface area (Å²) in [4.78, 5) is 19.1. The van der Waals surface area contributed by atoms with Gasteiger partial charge in [-0.3, -0.25) is 4.79 Å². The van der Waals surface area contributed by atoms with Gasteiger partial charge in [0.05, 0.1) is 0 Å². The largest absolute Gasteiger partial charge is 0.336 e. The van der Waals surface area contributed by atoms with E-state index in [4.69, 9.17) is 0 Å². The fourth-order valence-electron chi connectivity index (χ4n) is 2.73. The first kappa shape index (κ1) is 16.1. The van der Waals surface area contributed by atoms with E-state index in [0.29, 0.717) is 11.6 Å². The molecule has 1 aromatic carbocycles. The van der Waals surface area contributed by atoms with Gasteiger partial charge in [-0.2, -0.15) is 0 Å². The molecule has 4 nitrogen and oxygen atoms in total. The molecule has 3 rings (SSSR count). The van der Waals surface area contributed by atoms with Crippen LogP contribution in [0.1, 0.15) is 42.2 Å². The summed E-state index contributed by atoms with van der Waals surface area (Å²) in [5, 5.41) is 6.11. The van der Waals surface area contributed by atoms with Gasteiger partial charge in [0.15, 0.2) is 0 Å². The van der Waals surface area contributed by atoms with E-state index < -0.39 is 0 Å². The van der Waals surface area contributed by atoms with E-state index in [1.807, 2.05) is 10.3 Å². The Kier molecular flexibility index (Phi) is 5.08. The molecule has 1 aliphatic rings. The molecule has 0 saturated carbocycles. The number of nitrogens with one attached hydrogen (secondary N) is 1. The van der Waals surface area contributed by atoms with E-state index in [1.54, 1.807) is 11.3 Å². The molecule has 1 fully saturated rings. The van der Waals surface area contributed by atoms with Gasteiger partial charge in [-0.1, -0.05) is 38.1 Å². The molecule has 0 aliphatic carbocycles. The Labute approximate surface area is 141 Å². The second-order valence-electron chi connectivity index (χ2n) is 6.21. The maximum absolute atomic E-state index is 12.6. The minimum absolute atomic E-state index is 0.0509. The fraction of sp³-hybridized carbons (Fsp3) is 0.444. The van der Waals surface area contributed by atoms with E-state index in [0.717, 1.165) is 43.2 Å². The highest BCUT2D eigenvalue weighted by atomic mass is 32.1. The number of aromatic nitrogens is 1. The summed E-state index contributed by atoms with van der Waals surface area (Å²) in [5.41, 5.74) is 2.97. The molecular formula is C18H23N3OS. The van der Waals surface area contributed by atoms with E-state index in [1.165, 1.54) is 5.56 Å². The highest BCUT2D eigenvalue weighted by Crippen LogP contribution is 2.26. The highest BCUT2D eigenvalue weighted by molar-refractivity contribution is 7.13. The monoisotopic (exact) mass is 329 g/mol. The molecule has 2 heterocycles. The van der Waals surface area contributed by atoms with Crippen LogP contribution in [0.3, 0.4) is 0 Å².